The summed E-state index contributed by atoms with van der Waals surface area (Å²) in [5.74, 6) is 0.0998. The van der Waals surface area contributed by atoms with E-state index in [-0.39, 0.29) is 5.91 Å². The Hall–Kier alpha value is -2.09. The first-order valence-electron chi connectivity index (χ1n) is 7.51. The van der Waals surface area contributed by atoms with E-state index in [1.165, 1.54) is 16.7 Å². The molecule has 0 saturated carbocycles. The third-order valence-corrected chi connectivity index (χ3v) is 3.57. The number of rotatable bonds is 6. The summed E-state index contributed by atoms with van der Waals surface area (Å²) >= 11 is 0. The molecule has 0 aliphatic rings. The van der Waals surface area contributed by atoms with E-state index in [2.05, 4.69) is 43.4 Å². The zero-order chi connectivity index (χ0) is 15.1. The van der Waals surface area contributed by atoms with Gasteiger partial charge in [0.15, 0.2) is 0 Å². The minimum Gasteiger partial charge on any atom is -0.356 e. The molecule has 0 aliphatic carbocycles. The van der Waals surface area contributed by atoms with E-state index in [1.807, 2.05) is 24.3 Å². The Balaban J connectivity index is 1.67. The molecule has 2 aromatic carbocycles. The molecular formula is C19H23NO. The summed E-state index contributed by atoms with van der Waals surface area (Å²) in [5.41, 5.74) is 4.90. The van der Waals surface area contributed by atoms with Gasteiger partial charge in [-0.05, 0) is 37.8 Å². The van der Waals surface area contributed by atoms with Crippen LogP contribution in [0.2, 0.25) is 0 Å². The highest BCUT2D eigenvalue weighted by Gasteiger charge is 2.02. The Kier molecular flexibility index (Phi) is 5.56. The largest absolute Gasteiger partial charge is 0.356 e. The maximum atomic E-state index is 11.8. The summed E-state index contributed by atoms with van der Waals surface area (Å²) in [7, 11) is 0. The molecule has 0 aliphatic heterocycles. The number of benzene rings is 2. The van der Waals surface area contributed by atoms with Gasteiger partial charge >= 0.3 is 0 Å². The Labute approximate surface area is 127 Å². The van der Waals surface area contributed by atoms with Crippen molar-refractivity contribution >= 4 is 5.91 Å². The number of aryl methyl sites for hydroxylation is 3. The van der Waals surface area contributed by atoms with E-state index in [0.29, 0.717) is 6.42 Å². The quantitative estimate of drug-likeness (QED) is 0.805. The van der Waals surface area contributed by atoms with Crippen LogP contribution in [0.1, 0.15) is 28.7 Å². The highest BCUT2D eigenvalue weighted by atomic mass is 16.1. The summed E-state index contributed by atoms with van der Waals surface area (Å²) in [6.45, 7) is 4.88. The molecule has 0 bridgehead atoms. The molecule has 1 N–H and O–H groups in total. The van der Waals surface area contributed by atoms with Crippen molar-refractivity contribution in [2.75, 3.05) is 6.54 Å². The zero-order valence-corrected chi connectivity index (χ0v) is 12.9. The van der Waals surface area contributed by atoms with Crippen molar-refractivity contribution in [2.45, 2.75) is 33.1 Å². The average molecular weight is 281 g/mol. The van der Waals surface area contributed by atoms with Gasteiger partial charge in [-0.1, -0.05) is 59.7 Å². The van der Waals surface area contributed by atoms with Crippen LogP contribution in [0.5, 0.6) is 0 Å². The fourth-order valence-corrected chi connectivity index (χ4v) is 2.23. The van der Waals surface area contributed by atoms with E-state index in [1.54, 1.807) is 0 Å². The van der Waals surface area contributed by atoms with Gasteiger partial charge in [0, 0.05) is 6.54 Å². The lowest BCUT2D eigenvalue weighted by atomic mass is 10.1. The molecule has 2 rings (SSSR count). The molecule has 110 valence electrons. The summed E-state index contributed by atoms with van der Waals surface area (Å²) in [5, 5.41) is 2.99. The van der Waals surface area contributed by atoms with Crippen LogP contribution in [-0.2, 0) is 17.6 Å². The van der Waals surface area contributed by atoms with Crippen molar-refractivity contribution in [3.05, 3.63) is 70.8 Å². The molecule has 0 heterocycles. The van der Waals surface area contributed by atoms with Gasteiger partial charge in [0.2, 0.25) is 5.91 Å². The SMILES string of the molecule is Cc1ccc(CCCNC(=O)Cc2ccc(C)cc2)cc1. The number of amides is 1. The predicted octanol–water partition coefficient (Wildman–Crippen LogP) is 3.59. The van der Waals surface area contributed by atoms with Gasteiger partial charge < -0.3 is 5.32 Å². The number of hydrogen-bond donors (Lipinski definition) is 1. The van der Waals surface area contributed by atoms with Crippen LogP contribution >= 0.6 is 0 Å². The minimum absolute atomic E-state index is 0.0998. The molecular weight excluding hydrogens is 258 g/mol. The molecule has 0 unspecified atom stereocenters. The van der Waals surface area contributed by atoms with Gasteiger partial charge in [-0.3, -0.25) is 4.79 Å². The van der Waals surface area contributed by atoms with E-state index >= 15 is 0 Å². The molecule has 21 heavy (non-hydrogen) atoms. The van der Waals surface area contributed by atoms with Crippen molar-refractivity contribution in [1.82, 2.24) is 5.32 Å². The van der Waals surface area contributed by atoms with E-state index < -0.39 is 0 Å². The second-order valence-electron chi connectivity index (χ2n) is 5.60. The van der Waals surface area contributed by atoms with Gasteiger partial charge in [0.25, 0.3) is 0 Å². The van der Waals surface area contributed by atoms with Crippen molar-refractivity contribution in [1.29, 1.82) is 0 Å². The van der Waals surface area contributed by atoms with Crippen molar-refractivity contribution in [3.63, 3.8) is 0 Å². The Morgan fingerprint density at radius 2 is 1.38 bits per heavy atom. The fraction of sp³-hybridized carbons (Fsp3) is 0.316. The van der Waals surface area contributed by atoms with Crippen LogP contribution < -0.4 is 5.32 Å². The Morgan fingerprint density at radius 1 is 0.857 bits per heavy atom. The van der Waals surface area contributed by atoms with Crippen LogP contribution in [0.3, 0.4) is 0 Å². The van der Waals surface area contributed by atoms with Gasteiger partial charge in [-0.2, -0.15) is 0 Å². The van der Waals surface area contributed by atoms with Crippen LogP contribution in [0.4, 0.5) is 0 Å². The monoisotopic (exact) mass is 281 g/mol. The second kappa shape index (κ2) is 7.63. The van der Waals surface area contributed by atoms with Crippen LogP contribution in [0, 0.1) is 13.8 Å². The normalized spacial score (nSPS) is 10.4. The Bertz CT molecular complexity index is 570. The maximum absolute atomic E-state index is 11.8. The average Bonchev–Trinajstić information content (AvgIpc) is 2.48. The van der Waals surface area contributed by atoms with Gasteiger partial charge in [-0.25, -0.2) is 0 Å². The summed E-state index contributed by atoms with van der Waals surface area (Å²) in [6.07, 6.45) is 2.44. The first kappa shape index (κ1) is 15.3. The first-order valence-corrected chi connectivity index (χ1v) is 7.51. The summed E-state index contributed by atoms with van der Waals surface area (Å²) in [6, 6.07) is 16.7. The summed E-state index contributed by atoms with van der Waals surface area (Å²) in [4.78, 5) is 11.8. The van der Waals surface area contributed by atoms with Crippen molar-refractivity contribution in [2.24, 2.45) is 0 Å². The lowest BCUT2D eigenvalue weighted by Gasteiger charge is -2.06. The van der Waals surface area contributed by atoms with Crippen molar-refractivity contribution in [3.8, 4) is 0 Å². The van der Waals surface area contributed by atoms with Gasteiger partial charge in [0.05, 0.1) is 6.42 Å². The second-order valence-corrected chi connectivity index (χ2v) is 5.60. The first-order chi connectivity index (χ1) is 10.1. The standard InChI is InChI=1S/C19H23NO/c1-15-5-9-17(10-6-15)4-3-13-20-19(21)14-18-11-7-16(2)8-12-18/h5-12H,3-4,13-14H2,1-2H3,(H,20,21). The lowest BCUT2D eigenvalue weighted by Crippen LogP contribution is -2.26. The number of carbonyl (C=O) groups excluding carboxylic acids is 1. The van der Waals surface area contributed by atoms with Crippen LogP contribution in [-0.4, -0.2) is 12.5 Å². The van der Waals surface area contributed by atoms with Crippen LogP contribution in [0.25, 0.3) is 0 Å². The molecule has 0 radical (unpaired) electrons. The smallest absolute Gasteiger partial charge is 0.224 e. The molecule has 0 fully saturated rings. The highest BCUT2D eigenvalue weighted by molar-refractivity contribution is 5.78. The Morgan fingerprint density at radius 3 is 1.95 bits per heavy atom. The third-order valence-electron chi connectivity index (χ3n) is 3.57. The predicted molar refractivity (Wildman–Crippen MR) is 87.4 cm³/mol. The fourth-order valence-electron chi connectivity index (χ4n) is 2.23. The molecule has 2 heteroatoms. The maximum Gasteiger partial charge on any atom is 0.224 e. The number of carbonyl (C=O) groups is 1. The van der Waals surface area contributed by atoms with E-state index in [0.717, 1.165) is 24.9 Å². The van der Waals surface area contributed by atoms with Gasteiger partial charge in [0.1, 0.15) is 0 Å². The number of hydrogen-bond acceptors (Lipinski definition) is 1. The minimum atomic E-state index is 0.0998. The van der Waals surface area contributed by atoms with E-state index in [9.17, 15) is 4.79 Å². The molecule has 2 nitrogen and oxygen atoms in total. The molecule has 0 aromatic heterocycles. The third kappa shape index (κ3) is 5.42. The van der Waals surface area contributed by atoms with Gasteiger partial charge in [-0.15, -0.1) is 0 Å². The van der Waals surface area contributed by atoms with Crippen LogP contribution in [0.15, 0.2) is 48.5 Å². The summed E-state index contributed by atoms with van der Waals surface area (Å²) < 4.78 is 0. The zero-order valence-electron chi connectivity index (χ0n) is 12.9. The molecule has 0 saturated heterocycles. The lowest BCUT2D eigenvalue weighted by molar-refractivity contribution is -0.120. The molecule has 0 atom stereocenters. The topological polar surface area (TPSA) is 29.1 Å². The molecule has 0 spiro atoms. The molecule has 2 aromatic rings. The van der Waals surface area contributed by atoms with E-state index in [4.69, 9.17) is 0 Å². The molecule has 1 amide bonds. The number of nitrogens with one attached hydrogen (secondary N) is 1. The highest BCUT2D eigenvalue weighted by Crippen LogP contribution is 2.06. The van der Waals surface area contributed by atoms with Crippen molar-refractivity contribution < 1.29 is 4.79 Å².